The minimum Gasteiger partial charge on any atom is -0.466 e. The molecule has 0 fully saturated rings. The van der Waals surface area contributed by atoms with Crippen molar-refractivity contribution in [1.29, 1.82) is 0 Å². The van der Waals surface area contributed by atoms with Gasteiger partial charge in [-0.3, -0.25) is 4.79 Å². The summed E-state index contributed by atoms with van der Waals surface area (Å²) in [4.78, 5) is 11.8. The normalized spacial score (nSPS) is 11.2. The van der Waals surface area contributed by atoms with Crippen LogP contribution in [0.3, 0.4) is 0 Å². The Morgan fingerprint density at radius 1 is 0.516 bits per heavy atom. The highest BCUT2D eigenvalue weighted by Gasteiger charge is 2.02. The van der Waals surface area contributed by atoms with Crippen molar-refractivity contribution in [2.24, 2.45) is 0 Å². The molecule has 0 saturated heterocycles. The highest BCUT2D eigenvalue weighted by molar-refractivity contribution is 5.69. The second kappa shape index (κ2) is 27.5. The van der Waals surface area contributed by atoms with Gasteiger partial charge in [-0.2, -0.15) is 0 Å². The van der Waals surface area contributed by atoms with Crippen molar-refractivity contribution in [3.8, 4) is 0 Å². The molecule has 0 aromatic carbocycles. The van der Waals surface area contributed by atoms with Crippen LogP contribution >= 0.6 is 0 Å². The van der Waals surface area contributed by atoms with E-state index in [-0.39, 0.29) is 5.97 Å². The maximum absolute atomic E-state index is 11.8. The molecule has 0 saturated carbocycles. The lowest BCUT2D eigenvalue weighted by atomic mass is 10.0. The third-order valence-corrected chi connectivity index (χ3v) is 6.30. The van der Waals surface area contributed by atoms with Gasteiger partial charge in [-0.1, -0.05) is 135 Å². The second-order valence-corrected chi connectivity index (χ2v) is 9.47. The summed E-state index contributed by atoms with van der Waals surface area (Å²) < 4.78 is 5.38. The number of aliphatic hydroxyl groups is 1. The monoisotopic (exact) mass is 440 g/mol. The second-order valence-electron chi connectivity index (χ2n) is 9.47. The van der Waals surface area contributed by atoms with Gasteiger partial charge in [-0.15, -0.1) is 0 Å². The van der Waals surface area contributed by atoms with Gasteiger partial charge in [-0.25, -0.2) is 0 Å². The first-order valence-corrected chi connectivity index (χ1v) is 14.1. The molecule has 0 aliphatic carbocycles. The zero-order chi connectivity index (χ0) is 22.7. The lowest BCUT2D eigenvalue weighted by Crippen LogP contribution is -2.05. The highest BCUT2D eigenvalue weighted by Crippen LogP contribution is 2.13. The maximum atomic E-state index is 11.8. The third kappa shape index (κ3) is 27.4. The van der Waals surface area contributed by atoms with E-state index in [4.69, 9.17) is 9.84 Å². The van der Waals surface area contributed by atoms with Crippen LogP contribution in [0.15, 0.2) is 0 Å². The number of hydrogen-bond donors (Lipinski definition) is 1. The number of aliphatic hydroxyl groups excluding tert-OH is 1. The first-order valence-electron chi connectivity index (χ1n) is 14.1. The van der Waals surface area contributed by atoms with Crippen LogP contribution in [0.1, 0.15) is 161 Å². The standard InChI is InChI=1S/C28H56O3/c1-2-3-4-5-6-7-15-18-21-24-27-31-28(30)25-22-19-16-13-11-9-8-10-12-14-17-20-23-26-29/h29H,2-27H2,1H3. The summed E-state index contributed by atoms with van der Waals surface area (Å²) in [6.45, 7) is 3.24. The fourth-order valence-electron chi connectivity index (χ4n) is 4.17. The predicted molar refractivity (Wildman–Crippen MR) is 135 cm³/mol. The van der Waals surface area contributed by atoms with Crippen molar-refractivity contribution >= 4 is 5.97 Å². The summed E-state index contributed by atoms with van der Waals surface area (Å²) in [7, 11) is 0. The Balaban J connectivity index is 3.13. The van der Waals surface area contributed by atoms with Crippen molar-refractivity contribution in [2.45, 2.75) is 161 Å². The van der Waals surface area contributed by atoms with E-state index < -0.39 is 0 Å². The summed E-state index contributed by atoms with van der Waals surface area (Å²) >= 11 is 0. The van der Waals surface area contributed by atoms with Crippen LogP contribution in [0.2, 0.25) is 0 Å². The van der Waals surface area contributed by atoms with Crippen molar-refractivity contribution in [1.82, 2.24) is 0 Å². The largest absolute Gasteiger partial charge is 0.466 e. The fourth-order valence-corrected chi connectivity index (χ4v) is 4.17. The summed E-state index contributed by atoms with van der Waals surface area (Å²) in [5.74, 6) is 0.00918. The average molecular weight is 441 g/mol. The average Bonchev–Trinajstić information content (AvgIpc) is 2.77. The first kappa shape index (κ1) is 30.4. The Bertz CT molecular complexity index is 343. The van der Waals surface area contributed by atoms with Gasteiger partial charge in [0.1, 0.15) is 0 Å². The topological polar surface area (TPSA) is 46.5 Å². The van der Waals surface area contributed by atoms with E-state index in [0.717, 1.165) is 25.7 Å². The summed E-state index contributed by atoms with van der Waals surface area (Å²) in [6, 6.07) is 0. The highest BCUT2D eigenvalue weighted by atomic mass is 16.5. The van der Waals surface area contributed by atoms with Gasteiger partial charge in [0.15, 0.2) is 0 Å². The number of hydrogen-bond acceptors (Lipinski definition) is 3. The van der Waals surface area contributed by atoms with Crippen molar-refractivity contribution in [2.75, 3.05) is 13.2 Å². The van der Waals surface area contributed by atoms with E-state index in [9.17, 15) is 4.79 Å². The number of unbranched alkanes of at least 4 members (excludes halogenated alkanes) is 21. The molecule has 0 atom stereocenters. The molecular formula is C28H56O3. The number of ether oxygens (including phenoxy) is 1. The van der Waals surface area contributed by atoms with E-state index in [2.05, 4.69) is 6.92 Å². The fraction of sp³-hybridized carbons (Fsp3) is 0.964. The van der Waals surface area contributed by atoms with Crippen molar-refractivity contribution in [3.63, 3.8) is 0 Å². The molecule has 0 rings (SSSR count). The molecule has 0 aromatic heterocycles. The molecule has 0 unspecified atom stereocenters. The van der Waals surface area contributed by atoms with Crippen molar-refractivity contribution < 1.29 is 14.6 Å². The minimum absolute atomic E-state index is 0.00918. The van der Waals surface area contributed by atoms with Gasteiger partial charge >= 0.3 is 5.97 Å². The van der Waals surface area contributed by atoms with Crippen LogP contribution in [0.4, 0.5) is 0 Å². The number of rotatable bonds is 26. The molecule has 3 heteroatoms. The molecule has 0 aromatic rings. The van der Waals surface area contributed by atoms with Gasteiger partial charge in [0.25, 0.3) is 0 Å². The molecule has 31 heavy (non-hydrogen) atoms. The molecule has 0 bridgehead atoms. The van der Waals surface area contributed by atoms with E-state index >= 15 is 0 Å². The molecule has 3 nitrogen and oxygen atoms in total. The summed E-state index contributed by atoms with van der Waals surface area (Å²) in [5.41, 5.74) is 0. The third-order valence-electron chi connectivity index (χ3n) is 6.30. The van der Waals surface area contributed by atoms with Gasteiger partial charge in [0, 0.05) is 13.0 Å². The van der Waals surface area contributed by atoms with Crippen LogP contribution in [0.5, 0.6) is 0 Å². The van der Waals surface area contributed by atoms with Gasteiger partial charge in [0.2, 0.25) is 0 Å². The van der Waals surface area contributed by atoms with E-state index in [1.807, 2.05) is 0 Å². The van der Waals surface area contributed by atoms with Crippen LogP contribution in [-0.4, -0.2) is 24.3 Å². The Kier molecular flexibility index (Phi) is 27.0. The molecule has 0 radical (unpaired) electrons. The Morgan fingerprint density at radius 2 is 0.871 bits per heavy atom. The maximum Gasteiger partial charge on any atom is 0.305 e. The SMILES string of the molecule is CCCCCCCCCCCCOC(=O)CCCCCCCCCCCCCCCO. The van der Waals surface area contributed by atoms with E-state index in [0.29, 0.717) is 19.6 Å². The molecule has 0 aliphatic heterocycles. The number of esters is 1. The van der Waals surface area contributed by atoms with Crippen molar-refractivity contribution in [3.05, 3.63) is 0 Å². The summed E-state index contributed by atoms with van der Waals surface area (Å²) in [6.07, 6.45) is 30.0. The van der Waals surface area contributed by atoms with Gasteiger partial charge in [0.05, 0.1) is 6.61 Å². The van der Waals surface area contributed by atoms with Crippen LogP contribution in [-0.2, 0) is 9.53 Å². The zero-order valence-electron chi connectivity index (χ0n) is 21.1. The molecular weight excluding hydrogens is 384 g/mol. The lowest BCUT2D eigenvalue weighted by molar-refractivity contribution is -0.143. The van der Waals surface area contributed by atoms with Crippen LogP contribution < -0.4 is 0 Å². The molecule has 0 amide bonds. The van der Waals surface area contributed by atoms with Crippen LogP contribution in [0, 0.1) is 0 Å². The molecule has 186 valence electrons. The van der Waals surface area contributed by atoms with Gasteiger partial charge < -0.3 is 9.84 Å². The lowest BCUT2D eigenvalue weighted by Gasteiger charge is -2.06. The first-order chi connectivity index (χ1) is 15.3. The number of carbonyl (C=O) groups is 1. The number of carbonyl (C=O) groups excluding carboxylic acids is 1. The van der Waals surface area contributed by atoms with Gasteiger partial charge in [-0.05, 0) is 19.3 Å². The summed E-state index contributed by atoms with van der Waals surface area (Å²) in [5, 5.41) is 8.74. The van der Waals surface area contributed by atoms with E-state index in [1.54, 1.807) is 0 Å². The Labute approximate surface area is 195 Å². The minimum atomic E-state index is 0.00918. The smallest absolute Gasteiger partial charge is 0.305 e. The molecule has 0 spiro atoms. The Hall–Kier alpha value is -0.570. The Morgan fingerprint density at radius 3 is 1.29 bits per heavy atom. The molecule has 0 aliphatic rings. The van der Waals surface area contributed by atoms with E-state index in [1.165, 1.54) is 122 Å². The molecule has 1 N–H and O–H groups in total. The zero-order valence-corrected chi connectivity index (χ0v) is 21.1. The quantitative estimate of drug-likeness (QED) is 0.108. The molecule has 0 heterocycles. The van der Waals surface area contributed by atoms with Crippen LogP contribution in [0.25, 0.3) is 0 Å². The predicted octanol–water partition coefficient (Wildman–Crippen LogP) is 8.90.